The summed E-state index contributed by atoms with van der Waals surface area (Å²) in [5.74, 6) is -0.438. The number of hydrogen-bond donors (Lipinski definition) is 2. The van der Waals surface area contributed by atoms with E-state index in [0.29, 0.717) is 20.7 Å². The van der Waals surface area contributed by atoms with E-state index in [1.165, 1.54) is 36.7 Å². The Morgan fingerprint density at radius 2 is 1.70 bits per heavy atom. The van der Waals surface area contributed by atoms with E-state index in [4.69, 9.17) is 11.6 Å². The summed E-state index contributed by atoms with van der Waals surface area (Å²) in [7, 11) is -3.84. The van der Waals surface area contributed by atoms with Gasteiger partial charge in [0.05, 0.1) is 15.5 Å². The summed E-state index contributed by atoms with van der Waals surface area (Å²) in [5, 5.41) is 2.98. The minimum absolute atomic E-state index is 0.00781. The Labute approximate surface area is 169 Å². The van der Waals surface area contributed by atoms with Gasteiger partial charge in [-0.15, -0.1) is 0 Å². The molecule has 0 aliphatic carbocycles. The van der Waals surface area contributed by atoms with E-state index >= 15 is 0 Å². The first-order valence-corrected chi connectivity index (χ1v) is 10.2. The molecule has 0 aliphatic rings. The summed E-state index contributed by atoms with van der Waals surface area (Å²) in [6.45, 7) is 0. The SMILES string of the molecule is O=C(Nc1ccc(S(=O)(=O)Nc2ncccn2)cc1)c1cc(Br)ccc1Cl. The first-order chi connectivity index (χ1) is 12.8. The molecule has 3 aromatic rings. The number of carbonyl (C=O) groups excluding carboxylic acids is 1. The molecular weight excluding hydrogens is 456 g/mol. The molecular formula is C17H12BrClN4O3S. The molecule has 0 spiro atoms. The zero-order valence-corrected chi connectivity index (χ0v) is 16.7. The fourth-order valence-corrected chi connectivity index (χ4v) is 3.64. The topological polar surface area (TPSA) is 101 Å². The van der Waals surface area contributed by atoms with Crippen molar-refractivity contribution in [1.29, 1.82) is 0 Å². The van der Waals surface area contributed by atoms with Gasteiger partial charge in [0.25, 0.3) is 15.9 Å². The molecule has 0 radical (unpaired) electrons. The third-order valence-electron chi connectivity index (χ3n) is 3.39. The molecule has 10 heteroatoms. The van der Waals surface area contributed by atoms with Crippen LogP contribution in [-0.2, 0) is 10.0 Å². The van der Waals surface area contributed by atoms with Gasteiger partial charge in [-0.3, -0.25) is 4.79 Å². The molecule has 0 atom stereocenters. The largest absolute Gasteiger partial charge is 0.322 e. The molecule has 0 aliphatic heterocycles. The number of nitrogens with one attached hydrogen (secondary N) is 2. The van der Waals surface area contributed by atoms with Crippen LogP contribution in [0.15, 0.2) is 70.3 Å². The summed E-state index contributed by atoms with van der Waals surface area (Å²) < 4.78 is 27.7. The predicted octanol–water partition coefficient (Wildman–Crippen LogP) is 3.95. The fourth-order valence-electron chi connectivity index (χ4n) is 2.12. The van der Waals surface area contributed by atoms with Crippen LogP contribution in [0.5, 0.6) is 0 Å². The first kappa shape index (κ1) is 19.3. The molecule has 0 fully saturated rings. The van der Waals surface area contributed by atoms with Crippen molar-refractivity contribution in [2.75, 3.05) is 10.0 Å². The van der Waals surface area contributed by atoms with Crippen LogP contribution in [-0.4, -0.2) is 24.3 Å². The van der Waals surface area contributed by atoms with Gasteiger partial charge in [0.2, 0.25) is 5.95 Å². The van der Waals surface area contributed by atoms with E-state index in [1.807, 2.05) is 0 Å². The molecule has 1 amide bonds. The Kier molecular flexibility index (Phi) is 5.73. The molecule has 138 valence electrons. The van der Waals surface area contributed by atoms with Gasteiger partial charge in [0.15, 0.2) is 0 Å². The fraction of sp³-hybridized carbons (Fsp3) is 0. The number of sulfonamides is 1. The molecule has 0 saturated carbocycles. The number of amides is 1. The van der Waals surface area contributed by atoms with Crippen LogP contribution in [0.2, 0.25) is 5.02 Å². The second-order valence-electron chi connectivity index (χ2n) is 5.28. The number of hydrogen-bond acceptors (Lipinski definition) is 5. The Bertz CT molecular complexity index is 1080. The van der Waals surface area contributed by atoms with Crippen LogP contribution in [0, 0.1) is 0 Å². The number of rotatable bonds is 5. The lowest BCUT2D eigenvalue weighted by Crippen LogP contribution is -2.15. The highest BCUT2D eigenvalue weighted by atomic mass is 79.9. The van der Waals surface area contributed by atoms with Crippen molar-refractivity contribution < 1.29 is 13.2 Å². The minimum atomic E-state index is -3.84. The van der Waals surface area contributed by atoms with E-state index in [0.717, 1.165) is 0 Å². The Balaban J connectivity index is 1.75. The van der Waals surface area contributed by atoms with Crippen LogP contribution in [0.4, 0.5) is 11.6 Å². The van der Waals surface area contributed by atoms with Gasteiger partial charge < -0.3 is 5.32 Å². The van der Waals surface area contributed by atoms with Crippen molar-refractivity contribution in [3.63, 3.8) is 0 Å². The summed E-state index contributed by atoms with van der Waals surface area (Å²) in [6, 6.07) is 12.2. The number of aromatic nitrogens is 2. The van der Waals surface area contributed by atoms with E-state index in [9.17, 15) is 13.2 Å². The summed E-state index contributed by atoms with van der Waals surface area (Å²) >= 11 is 9.32. The normalized spacial score (nSPS) is 11.0. The van der Waals surface area contributed by atoms with Crippen LogP contribution in [0.3, 0.4) is 0 Å². The predicted molar refractivity (Wildman–Crippen MR) is 106 cm³/mol. The monoisotopic (exact) mass is 466 g/mol. The van der Waals surface area contributed by atoms with Gasteiger partial charge in [0, 0.05) is 22.6 Å². The van der Waals surface area contributed by atoms with Crippen molar-refractivity contribution >= 4 is 55.1 Å². The molecule has 0 saturated heterocycles. The second kappa shape index (κ2) is 8.03. The van der Waals surface area contributed by atoms with Gasteiger partial charge in [0.1, 0.15) is 0 Å². The number of halogens is 2. The maximum absolute atomic E-state index is 12.3. The third kappa shape index (κ3) is 4.82. The molecule has 1 heterocycles. The van der Waals surface area contributed by atoms with Gasteiger partial charge in [-0.05, 0) is 48.5 Å². The highest BCUT2D eigenvalue weighted by Crippen LogP contribution is 2.23. The molecule has 2 N–H and O–H groups in total. The van der Waals surface area contributed by atoms with Gasteiger partial charge in [-0.1, -0.05) is 27.5 Å². The third-order valence-corrected chi connectivity index (χ3v) is 5.55. The average molecular weight is 468 g/mol. The smallest absolute Gasteiger partial charge is 0.264 e. The van der Waals surface area contributed by atoms with Crippen molar-refractivity contribution in [3.8, 4) is 0 Å². The minimum Gasteiger partial charge on any atom is -0.322 e. The zero-order valence-electron chi connectivity index (χ0n) is 13.6. The van der Waals surface area contributed by atoms with Crippen molar-refractivity contribution in [2.45, 2.75) is 4.90 Å². The highest BCUT2D eigenvalue weighted by molar-refractivity contribution is 9.10. The second-order valence-corrected chi connectivity index (χ2v) is 8.29. The number of carbonyl (C=O) groups is 1. The molecule has 7 nitrogen and oxygen atoms in total. The zero-order chi connectivity index (χ0) is 19.4. The number of benzene rings is 2. The molecule has 3 rings (SSSR count). The Morgan fingerprint density at radius 3 is 2.37 bits per heavy atom. The highest BCUT2D eigenvalue weighted by Gasteiger charge is 2.16. The quantitative estimate of drug-likeness (QED) is 0.592. The van der Waals surface area contributed by atoms with Crippen molar-refractivity contribution in [2.24, 2.45) is 0 Å². The maximum atomic E-state index is 12.3. The molecule has 0 bridgehead atoms. The molecule has 1 aromatic heterocycles. The van der Waals surface area contributed by atoms with Crippen LogP contribution in [0.1, 0.15) is 10.4 Å². The summed E-state index contributed by atoms with van der Waals surface area (Å²) in [5.41, 5.74) is 0.719. The van der Waals surface area contributed by atoms with Crippen molar-refractivity contribution in [3.05, 3.63) is 76.0 Å². The lowest BCUT2D eigenvalue weighted by molar-refractivity contribution is 0.102. The first-order valence-electron chi connectivity index (χ1n) is 7.51. The number of nitrogens with zero attached hydrogens (tertiary/aromatic N) is 2. The van der Waals surface area contributed by atoms with E-state index in [1.54, 1.807) is 24.3 Å². The van der Waals surface area contributed by atoms with Crippen LogP contribution >= 0.6 is 27.5 Å². The summed E-state index contributed by atoms with van der Waals surface area (Å²) in [6.07, 6.45) is 2.85. The average Bonchev–Trinajstić information content (AvgIpc) is 2.64. The Morgan fingerprint density at radius 1 is 1.04 bits per heavy atom. The van der Waals surface area contributed by atoms with Crippen molar-refractivity contribution in [1.82, 2.24) is 9.97 Å². The van der Waals surface area contributed by atoms with E-state index in [2.05, 4.69) is 35.9 Å². The lowest BCUT2D eigenvalue weighted by Gasteiger charge is -2.09. The van der Waals surface area contributed by atoms with Gasteiger partial charge in [-0.25, -0.2) is 23.1 Å². The summed E-state index contributed by atoms with van der Waals surface area (Å²) in [4.78, 5) is 20.0. The van der Waals surface area contributed by atoms with E-state index < -0.39 is 15.9 Å². The Hall–Kier alpha value is -2.49. The number of anilines is 2. The van der Waals surface area contributed by atoms with Gasteiger partial charge >= 0.3 is 0 Å². The van der Waals surface area contributed by atoms with Gasteiger partial charge in [-0.2, -0.15) is 0 Å². The molecule has 27 heavy (non-hydrogen) atoms. The molecule has 0 unspecified atom stereocenters. The lowest BCUT2D eigenvalue weighted by atomic mass is 10.2. The van der Waals surface area contributed by atoms with E-state index in [-0.39, 0.29) is 10.8 Å². The maximum Gasteiger partial charge on any atom is 0.264 e. The molecule has 2 aromatic carbocycles. The van der Waals surface area contributed by atoms with Crippen LogP contribution in [0.25, 0.3) is 0 Å². The standard InChI is InChI=1S/C17H12BrClN4O3S/c18-11-2-7-15(19)14(10-11)16(24)22-12-3-5-13(6-4-12)27(25,26)23-17-20-8-1-9-21-17/h1-10H,(H,22,24)(H,20,21,23). The van der Waals surface area contributed by atoms with Crippen LogP contribution < -0.4 is 10.0 Å².